The van der Waals surface area contributed by atoms with Crippen LogP contribution >= 0.6 is 0 Å². The van der Waals surface area contributed by atoms with Crippen LogP contribution in [0.25, 0.3) is 11.0 Å². The summed E-state index contributed by atoms with van der Waals surface area (Å²) >= 11 is 0. The van der Waals surface area contributed by atoms with Crippen molar-refractivity contribution in [2.45, 2.75) is 19.8 Å². The van der Waals surface area contributed by atoms with E-state index in [9.17, 15) is 9.59 Å². The van der Waals surface area contributed by atoms with Gasteiger partial charge in [0.1, 0.15) is 17.1 Å². The summed E-state index contributed by atoms with van der Waals surface area (Å²) in [6.45, 7) is 2.07. The van der Waals surface area contributed by atoms with E-state index in [1.807, 2.05) is 18.2 Å². The number of carbonyl (C=O) groups excluding carboxylic acids is 2. The van der Waals surface area contributed by atoms with Crippen molar-refractivity contribution in [2.75, 3.05) is 14.2 Å². The fourth-order valence-corrected chi connectivity index (χ4v) is 2.84. The molecule has 0 fully saturated rings. The molecule has 146 valence electrons. The molecule has 2 amide bonds. The third-order valence-electron chi connectivity index (χ3n) is 4.41. The fourth-order valence-electron chi connectivity index (χ4n) is 2.84. The van der Waals surface area contributed by atoms with Gasteiger partial charge in [-0.05, 0) is 30.2 Å². The van der Waals surface area contributed by atoms with Crippen molar-refractivity contribution in [3.63, 3.8) is 0 Å². The number of methoxy groups -OCH3 is 2. The highest BCUT2D eigenvalue weighted by molar-refractivity contribution is 5.96. The summed E-state index contributed by atoms with van der Waals surface area (Å²) in [6.07, 6.45) is 2.56. The Labute approximate surface area is 162 Å². The molecule has 0 unspecified atom stereocenters. The van der Waals surface area contributed by atoms with Gasteiger partial charge in [0.05, 0.1) is 26.9 Å². The van der Waals surface area contributed by atoms with Gasteiger partial charge in [-0.15, -0.1) is 0 Å². The van der Waals surface area contributed by atoms with Crippen LogP contribution in [0.3, 0.4) is 0 Å². The highest BCUT2D eigenvalue weighted by Crippen LogP contribution is 2.24. The zero-order valence-corrected chi connectivity index (χ0v) is 16.0. The van der Waals surface area contributed by atoms with E-state index in [0.29, 0.717) is 17.1 Å². The molecule has 0 aliphatic carbocycles. The Morgan fingerprint density at radius 1 is 1.00 bits per heavy atom. The minimum Gasteiger partial charge on any atom is -0.497 e. The Hall–Kier alpha value is -3.48. The first kappa shape index (κ1) is 19.3. The van der Waals surface area contributed by atoms with Crippen molar-refractivity contribution >= 4 is 22.8 Å². The predicted octanol–water partition coefficient (Wildman–Crippen LogP) is 3.02. The van der Waals surface area contributed by atoms with Crippen molar-refractivity contribution in [3.05, 3.63) is 59.4 Å². The molecule has 28 heavy (non-hydrogen) atoms. The molecule has 3 rings (SSSR count). The summed E-state index contributed by atoms with van der Waals surface area (Å²) in [7, 11) is 2.99. The number of hydrogen-bond donors (Lipinski definition) is 2. The van der Waals surface area contributed by atoms with Crippen LogP contribution in [-0.2, 0) is 17.6 Å². The van der Waals surface area contributed by atoms with Gasteiger partial charge in [-0.25, -0.2) is 0 Å². The van der Waals surface area contributed by atoms with E-state index in [2.05, 4.69) is 17.8 Å². The summed E-state index contributed by atoms with van der Waals surface area (Å²) in [5.41, 5.74) is 7.79. The number of hydrazine groups is 1. The fraction of sp³-hybridized carbons (Fsp3) is 0.238. The van der Waals surface area contributed by atoms with E-state index >= 15 is 0 Å². The van der Waals surface area contributed by atoms with Gasteiger partial charge < -0.3 is 13.9 Å². The van der Waals surface area contributed by atoms with Crippen molar-refractivity contribution < 1.29 is 23.5 Å². The first-order valence-corrected chi connectivity index (χ1v) is 8.85. The average Bonchev–Trinajstić information content (AvgIpc) is 3.13. The number of ether oxygens (including phenoxy) is 2. The van der Waals surface area contributed by atoms with Crippen molar-refractivity contribution in [2.24, 2.45) is 0 Å². The molecule has 2 aromatic carbocycles. The third-order valence-corrected chi connectivity index (χ3v) is 4.41. The Morgan fingerprint density at radius 2 is 1.71 bits per heavy atom. The maximum Gasteiger partial charge on any atom is 0.269 e. The molecule has 0 saturated carbocycles. The van der Waals surface area contributed by atoms with Crippen LogP contribution in [-0.4, -0.2) is 26.0 Å². The Morgan fingerprint density at radius 3 is 2.36 bits per heavy atom. The highest BCUT2D eigenvalue weighted by Gasteiger charge is 2.13. The molecule has 0 atom stereocenters. The van der Waals surface area contributed by atoms with Crippen LogP contribution in [0.1, 0.15) is 28.4 Å². The van der Waals surface area contributed by atoms with Crippen molar-refractivity contribution in [1.29, 1.82) is 0 Å². The zero-order chi connectivity index (χ0) is 20.1. The van der Waals surface area contributed by atoms with Gasteiger partial charge in [0.25, 0.3) is 5.91 Å². The maximum absolute atomic E-state index is 12.3. The number of furan rings is 1. The van der Waals surface area contributed by atoms with Crippen molar-refractivity contribution in [3.8, 4) is 11.5 Å². The van der Waals surface area contributed by atoms with Crippen molar-refractivity contribution in [1.82, 2.24) is 10.9 Å². The number of fused-ring (bicyclic) bond motifs is 1. The van der Waals surface area contributed by atoms with E-state index < -0.39 is 5.91 Å². The summed E-state index contributed by atoms with van der Waals surface area (Å²) in [5.74, 6) is 0.125. The number of nitrogens with one attached hydrogen (secondary N) is 2. The van der Waals surface area contributed by atoms with Crippen LogP contribution in [0.15, 0.2) is 47.1 Å². The molecular weight excluding hydrogens is 360 g/mol. The lowest BCUT2D eigenvalue weighted by Gasteiger charge is -2.10. The molecule has 0 aliphatic rings. The smallest absolute Gasteiger partial charge is 0.269 e. The van der Waals surface area contributed by atoms with Gasteiger partial charge in [-0.3, -0.25) is 20.4 Å². The van der Waals surface area contributed by atoms with Gasteiger partial charge in [-0.1, -0.05) is 19.1 Å². The average molecular weight is 382 g/mol. The SMILES string of the molecule is CCc1ccc2c(CC(=O)NNC(=O)c3cc(OC)cc(OC)c3)coc2c1. The van der Waals surface area contributed by atoms with E-state index in [-0.39, 0.29) is 12.3 Å². The second-order valence-corrected chi connectivity index (χ2v) is 6.23. The number of carbonyl (C=O) groups is 2. The number of amides is 2. The van der Waals surface area contributed by atoms with Crippen LogP contribution in [0, 0.1) is 0 Å². The van der Waals surface area contributed by atoms with E-state index in [1.54, 1.807) is 24.5 Å². The number of rotatable bonds is 6. The van der Waals surface area contributed by atoms with E-state index in [4.69, 9.17) is 13.9 Å². The normalized spacial score (nSPS) is 10.5. The second kappa shape index (κ2) is 8.47. The zero-order valence-electron chi connectivity index (χ0n) is 16.0. The van der Waals surface area contributed by atoms with Gasteiger partial charge in [-0.2, -0.15) is 0 Å². The third kappa shape index (κ3) is 4.25. The number of benzene rings is 2. The minimum atomic E-state index is -0.477. The minimum absolute atomic E-state index is 0.0835. The summed E-state index contributed by atoms with van der Waals surface area (Å²) in [6, 6.07) is 10.7. The van der Waals surface area contributed by atoms with Crippen LogP contribution < -0.4 is 20.3 Å². The lowest BCUT2D eigenvalue weighted by molar-refractivity contribution is -0.121. The molecule has 3 aromatic rings. The molecule has 0 spiro atoms. The molecule has 7 heteroatoms. The molecule has 1 heterocycles. The monoisotopic (exact) mass is 382 g/mol. The molecule has 7 nitrogen and oxygen atoms in total. The molecule has 0 bridgehead atoms. The molecule has 1 aromatic heterocycles. The van der Waals surface area contributed by atoms with Crippen LogP contribution in [0.4, 0.5) is 0 Å². The Kier molecular flexibility index (Phi) is 5.84. The molecule has 0 radical (unpaired) electrons. The Bertz CT molecular complexity index is 987. The maximum atomic E-state index is 12.3. The number of hydrogen-bond acceptors (Lipinski definition) is 5. The predicted molar refractivity (Wildman–Crippen MR) is 104 cm³/mol. The lowest BCUT2D eigenvalue weighted by atomic mass is 10.1. The largest absolute Gasteiger partial charge is 0.497 e. The van der Waals surface area contributed by atoms with Gasteiger partial charge in [0, 0.05) is 22.6 Å². The number of aryl methyl sites for hydroxylation is 1. The quantitative estimate of drug-likeness (QED) is 0.640. The summed E-state index contributed by atoms with van der Waals surface area (Å²) in [4.78, 5) is 24.6. The topological polar surface area (TPSA) is 89.8 Å². The highest BCUT2D eigenvalue weighted by atomic mass is 16.5. The molecule has 0 saturated heterocycles. The van der Waals surface area contributed by atoms with Gasteiger partial charge in [0.15, 0.2) is 0 Å². The molecule has 0 aliphatic heterocycles. The van der Waals surface area contributed by atoms with Gasteiger partial charge in [0.2, 0.25) is 5.91 Å². The Balaban J connectivity index is 1.64. The molecular formula is C21H22N2O5. The summed E-state index contributed by atoms with van der Waals surface area (Å²) in [5, 5.41) is 0.885. The lowest BCUT2D eigenvalue weighted by Crippen LogP contribution is -2.42. The van der Waals surface area contributed by atoms with Crippen LogP contribution in [0.2, 0.25) is 0 Å². The van der Waals surface area contributed by atoms with Gasteiger partial charge >= 0.3 is 0 Å². The summed E-state index contributed by atoms with van der Waals surface area (Å²) < 4.78 is 15.8. The second-order valence-electron chi connectivity index (χ2n) is 6.23. The standard InChI is InChI=1S/C21H22N2O5/c1-4-13-5-6-18-15(12-28-19(18)7-13)10-20(24)22-23-21(25)14-8-16(26-2)11-17(9-14)27-3/h5-9,11-12H,4,10H2,1-3H3,(H,22,24)(H,23,25). The first-order chi connectivity index (χ1) is 13.5. The van der Waals surface area contributed by atoms with E-state index in [1.165, 1.54) is 19.8 Å². The molecule has 2 N–H and O–H groups in total. The van der Waals surface area contributed by atoms with Crippen LogP contribution in [0.5, 0.6) is 11.5 Å². The first-order valence-electron chi connectivity index (χ1n) is 8.85. The van der Waals surface area contributed by atoms with E-state index in [0.717, 1.165) is 23.0 Å².